The second-order valence-corrected chi connectivity index (χ2v) is 8.10. The Morgan fingerprint density at radius 3 is 2.22 bits per heavy atom. The van der Waals surface area contributed by atoms with Crippen LogP contribution in [0, 0.1) is 0 Å². The Morgan fingerprint density at radius 2 is 1.67 bits per heavy atom. The highest BCUT2D eigenvalue weighted by molar-refractivity contribution is 7.89. The van der Waals surface area contributed by atoms with Crippen LogP contribution in [-0.4, -0.2) is 50.0 Å². The molecule has 1 aliphatic rings. The summed E-state index contributed by atoms with van der Waals surface area (Å²) in [6.45, 7) is 1.47. The highest BCUT2D eigenvalue weighted by Crippen LogP contribution is 2.24. The first kappa shape index (κ1) is 19.1. The van der Waals surface area contributed by atoms with Gasteiger partial charge in [0.1, 0.15) is 12.1 Å². The molecule has 0 unspecified atom stereocenters. The molecule has 3 rings (SSSR count). The third kappa shape index (κ3) is 4.04. The first-order valence-electron chi connectivity index (χ1n) is 8.29. The molecule has 1 fully saturated rings. The van der Waals surface area contributed by atoms with E-state index in [0.29, 0.717) is 11.0 Å². The van der Waals surface area contributed by atoms with E-state index in [1.165, 1.54) is 6.92 Å². The first-order chi connectivity index (χ1) is 12.8. The quantitative estimate of drug-likeness (QED) is 0.557. The Morgan fingerprint density at radius 1 is 1.11 bits per heavy atom. The van der Waals surface area contributed by atoms with Gasteiger partial charge in [0.05, 0.1) is 11.8 Å². The lowest BCUT2D eigenvalue weighted by Crippen LogP contribution is -2.54. The maximum Gasteiger partial charge on any atom is 0.502 e. The normalized spacial score (nSPS) is 18.8. The second kappa shape index (κ2) is 7.54. The molecule has 140 valence electrons. The summed E-state index contributed by atoms with van der Waals surface area (Å²) < 4.78 is 36.4. The van der Waals surface area contributed by atoms with Crippen LogP contribution >= 0.6 is 0 Å². The van der Waals surface area contributed by atoms with E-state index in [2.05, 4.69) is 0 Å². The van der Waals surface area contributed by atoms with E-state index in [1.807, 2.05) is 0 Å². The fourth-order valence-corrected chi connectivity index (χ4v) is 4.15. The van der Waals surface area contributed by atoms with E-state index in [1.54, 1.807) is 60.7 Å². The Hall–Kier alpha value is -2.65. The highest BCUT2D eigenvalue weighted by atomic mass is 32.2. The zero-order chi connectivity index (χ0) is 19.6. The van der Waals surface area contributed by atoms with Crippen LogP contribution in [0.15, 0.2) is 60.7 Å². The molecule has 0 spiro atoms. The molecule has 2 atom stereocenters. The van der Waals surface area contributed by atoms with Crippen LogP contribution in [0.4, 0.5) is 0 Å². The molecule has 0 saturated carbocycles. The van der Waals surface area contributed by atoms with Gasteiger partial charge in [-0.05, 0) is 24.5 Å². The van der Waals surface area contributed by atoms with Crippen LogP contribution in [-0.2, 0) is 24.2 Å². The smallest absolute Gasteiger partial charge is 0.502 e. The third-order valence-corrected chi connectivity index (χ3v) is 5.37. The molecule has 9 heteroatoms. The number of rotatable bonds is 5. The number of carbonyl (C=O) groups is 2. The molecule has 7 nitrogen and oxygen atoms in total. The van der Waals surface area contributed by atoms with Crippen molar-refractivity contribution in [2.24, 2.45) is 0 Å². The molecule has 1 heterocycles. The Labute approximate surface area is 158 Å². The zero-order valence-electron chi connectivity index (χ0n) is 14.8. The number of ether oxygens (including phenoxy) is 1. The van der Waals surface area contributed by atoms with E-state index in [-0.39, 0.29) is 0 Å². The number of esters is 1. The fraction of sp³-hybridized carbons (Fsp3) is 0.222. The number of carbonyl (C=O) groups excluding carboxylic acids is 2. The summed E-state index contributed by atoms with van der Waals surface area (Å²) in [6, 6.07) is 15.5. The maximum atomic E-state index is 12.5. The van der Waals surface area contributed by atoms with E-state index < -0.39 is 41.2 Å². The predicted molar refractivity (Wildman–Crippen MR) is 99.7 cm³/mol. The van der Waals surface area contributed by atoms with E-state index in [4.69, 9.17) is 9.39 Å². The van der Waals surface area contributed by atoms with Crippen LogP contribution < -0.4 is 5.46 Å². The van der Waals surface area contributed by atoms with Crippen LogP contribution in [0.1, 0.15) is 17.3 Å². The molecule has 0 aromatic heterocycles. The summed E-state index contributed by atoms with van der Waals surface area (Å²) in [5, 5.41) is 0. The summed E-state index contributed by atoms with van der Waals surface area (Å²) in [6.07, 6.45) is -0.0439. The molecular formula is C18H18BNO6S. The van der Waals surface area contributed by atoms with Gasteiger partial charge in [0.2, 0.25) is 10.0 Å². The topological polar surface area (TPSA) is 90.0 Å². The van der Waals surface area contributed by atoms with Gasteiger partial charge in [-0.15, -0.1) is 0 Å². The lowest BCUT2D eigenvalue weighted by atomic mass is 9.74. The summed E-state index contributed by atoms with van der Waals surface area (Å²) in [5.74, 6) is -1.41. The van der Waals surface area contributed by atoms with Crippen molar-refractivity contribution in [3.63, 3.8) is 0 Å². The SMILES string of the molecule is C[C@H](OC(=O)c1ccccc1)[C@H]1C(=O)OB(c2ccccc2)N1S(C)(=O)=O. The molecule has 0 aliphatic carbocycles. The number of sulfonamides is 1. The van der Waals surface area contributed by atoms with Crippen molar-refractivity contribution in [2.75, 3.05) is 6.26 Å². The average Bonchev–Trinajstić information content (AvgIpc) is 3.01. The van der Waals surface area contributed by atoms with Gasteiger partial charge < -0.3 is 9.39 Å². The first-order valence-corrected chi connectivity index (χ1v) is 10.1. The van der Waals surface area contributed by atoms with Crippen molar-refractivity contribution >= 4 is 34.5 Å². The molecule has 2 aromatic rings. The van der Waals surface area contributed by atoms with Crippen molar-refractivity contribution in [3.8, 4) is 0 Å². The maximum absolute atomic E-state index is 12.5. The molecule has 2 aromatic carbocycles. The third-order valence-electron chi connectivity index (χ3n) is 4.19. The Kier molecular flexibility index (Phi) is 5.34. The minimum Gasteiger partial charge on any atom is -0.514 e. The monoisotopic (exact) mass is 387 g/mol. The minimum atomic E-state index is -3.83. The van der Waals surface area contributed by atoms with E-state index >= 15 is 0 Å². The fourth-order valence-electron chi connectivity index (χ4n) is 2.97. The largest absolute Gasteiger partial charge is 0.514 e. The van der Waals surface area contributed by atoms with Gasteiger partial charge in [0.25, 0.3) is 0 Å². The van der Waals surface area contributed by atoms with Crippen molar-refractivity contribution in [2.45, 2.75) is 19.1 Å². The van der Waals surface area contributed by atoms with Crippen molar-refractivity contribution in [3.05, 3.63) is 66.2 Å². The van der Waals surface area contributed by atoms with Gasteiger partial charge in [-0.2, -0.15) is 4.22 Å². The van der Waals surface area contributed by atoms with Crippen molar-refractivity contribution < 1.29 is 27.4 Å². The van der Waals surface area contributed by atoms with Gasteiger partial charge in [0.15, 0.2) is 0 Å². The zero-order valence-corrected chi connectivity index (χ0v) is 15.6. The summed E-state index contributed by atoms with van der Waals surface area (Å²) >= 11 is 0. The van der Waals surface area contributed by atoms with Crippen LogP contribution in [0.25, 0.3) is 0 Å². The second-order valence-electron chi connectivity index (χ2n) is 6.21. The van der Waals surface area contributed by atoms with Gasteiger partial charge in [-0.25, -0.2) is 13.2 Å². The van der Waals surface area contributed by atoms with E-state index in [9.17, 15) is 18.0 Å². The van der Waals surface area contributed by atoms with Gasteiger partial charge in [0, 0.05) is 0 Å². The standard InChI is InChI=1S/C18H18BNO6S/c1-13(25-17(21)14-9-5-3-6-10-14)16-18(22)26-19(20(16)27(2,23)24)15-11-7-4-8-12-15/h3-13,16H,1-2H3/t13-,16-/m0/s1. The number of nitrogens with zero attached hydrogens (tertiary/aromatic N) is 1. The molecule has 0 amide bonds. The highest BCUT2D eigenvalue weighted by Gasteiger charge is 2.55. The van der Waals surface area contributed by atoms with Gasteiger partial charge in [-0.3, -0.25) is 4.79 Å². The average molecular weight is 387 g/mol. The number of hydrogen-bond acceptors (Lipinski definition) is 6. The van der Waals surface area contributed by atoms with Crippen LogP contribution in [0.5, 0.6) is 0 Å². The van der Waals surface area contributed by atoms with Gasteiger partial charge in [-0.1, -0.05) is 48.5 Å². The van der Waals surface area contributed by atoms with Gasteiger partial charge >= 0.3 is 19.0 Å². The molecule has 1 aliphatic heterocycles. The molecule has 0 bridgehead atoms. The Balaban J connectivity index is 1.88. The Bertz CT molecular complexity index is 935. The summed E-state index contributed by atoms with van der Waals surface area (Å²) in [5.41, 5.74) is 0.821. The molecule has 0 N–H and O–H groups in total. The minimum absolute atomic E-state index is 0.307. The molecule has 1 saturated heterocycles. The lowest BCUT2D eigenvalue weighted by Gasteiger charge is -2.25. The van der Waals surface area contributed by atoms with E-state index in [0.717, 1.165) is 10.5 Å². The summed E-state index contributed by atoms with van der Waals surface area (Å²) in [4.78, 5) is 24.7. The van der Waals surface area contributed by atoms with Crippen LogP contribution in [0.2, 0.25) is 0 Å². The number of hydrogen-bond donors (Lipinski definition) is 0. The van der Waals surface area contributed by atoms with Crippen molar-refractivity contribution in [1.29, 1.82) is 0 Å². The lowest BCUT2D eigenvalue weighted by molar-refractivity contribution is -0.136. The summed E-state index contributed by atoms with van der Waals surface area (Å²) in [7, 11) is -4.93. The predicted octanol–water partition coefficient (Wildman–Crippen LogP) is 0.814. The molecular weight excluding hydrogens is 369 g/mol. The number of benzene rings is 2. The molecule has 0 radical (unpaired) electrons. The van der Waals surface area contributed by atoms with Crippen LogP contribution in [0.3, 0.4) is 0 Å². The van der Waals surface area contributed by atoms with Crippen molar-refractivity contribution in [1.82, 2.24) is 4.22 Å². The molecule has 27 heavy (non-hydrogen) atoms.